The molecule has 1 heterocycles. The number of urea groups is 1. The third-order valence-corrected chi connectivity index (χ3v) is 2.87. The van der Waals surface area contributed by atoms with Gasteiger partial charge in [-0.25, -0.2) is 4.79 Å². The first-order valence-corrected chi connectivity index (χ1v) is 5.28. The smallest absolute Gasteiger partial charge is 0.322 e. The number of aryl methyl sites for hydroxylation is 1. The van der Waals surface area contributed by atoms with E-state index in [4.69, 9.17) is 0 Å². The van der Waals surface area contributed by atoms with Crippen molar-refractivity contribution in [2.45, 2.75) is 25.3 Å². The lowest BCUT2D eigenvalue weighted by Crippen LogP contribution is -2.43. The van der Waals surface area contributed by atoms with Gasteiger partial charge in [-0.1, -0.05) is 30.3 Å². The van der Waals surface area contributed by atoms with Gasteiger partial charge in [0.25, 0.3) is 5.91 Å². The molecule has 1 saturated heterocycles. The summed E-state index contributed by atoms with van der Waals surface area (Å²) in [7, 11) is 0. The van der Waals surface area contributed by atoms with Gasteiger partial charge < -0.3 is 5.32 Å². The van der Waals surface area contributed by atoms with Crippen LogP contribution in [0.3, 0.4) is 0 Å². The number of benzene rings is 1. The lowest BCUT2D eigenvalue weighted by atomic mass is 9.93. The molecule has 1 fully saturated rings. The zero-order valence-corrected chi connectivity index (χ0v) is 9.12. The summed E-state index contributed by atoms with van der Waals surface area (Å²) < 4.78 is 0. The van der Waals surface area contributed by atoms with Crippen LogP contribution in [0, 0.1) is 0 Å². The summed E-state index contributed by atoms with van der Waals surface area (Å²) in [5.74, 6) is -0.242. The zero-order chi connectivity index (χ0) is 11.6. The molecule has 1 aliphatic rings. The standard InChI is InChI=1S/C12H14N2O2/c1-12(10(15)13-11(16)14-12)8-7-9-5-3-2-4-6-9/h2-6H,7-8H2,1H3,(H2,13,14,15,16). The average Bonchev–Trinajstić information content (AvgIpc) is 2.52. The van der Waals surface area contributed by atoms with Crippen molar-refractivity contribution in [2.75, 3.05) is 0 Å². The second-order valence-corrected chi connectivity index (χ2v) is 4.23. The molecule has 2 N–H and O–H groups in total. The van der Waals surface area contributed by atoms with Crippen LogP contribution in [0.25, 0.3) is 0 Å². The van der Waals surface area contributed by atoms with E-state index in [2.05, 4.69) is 10.6 Å². The van der Waals surface area contributed by atoms with E-state index in [9.17, 15) is 9.59 Å². The molecule has 0 bridgehead atoms. The van der Waals surface area contributed by atoms with Crippen LogP contribution >= 0.6 is 0 Å². The lowest BCUT2D eigenvalue weighted by molar-refractivity contribution is -0.123. The predicted molar refractivity (Wildman–Crippen MR) is 59.8 cm³/mol. The van der Waals surface area contributed by atoms with Crippen LogP contribution in [0.2, 0.25) is 0 Å². The highest BCUT2D eigenvalue weighted by Crippen LogP contribution is 2.17. The fourth-order valence-corrected chi connectivity index (χ4v) is 1.79. The summed E-state index contributed by atoms with van der Waals surface area (Å²) in [6, 6.07) is 9.50. The molecule has 0 saturated carbocycles. The highest BCUT2D eigenvalue weighted by molar-refractivity contribution is 6.06. The number of imide groups is 1. The molecule has 1 aromatic rings. The first-order valence-electron chi connectivity index (χ1n) is 5.28. The van der Waals surface area contributed by atoms with Crippen molar-refractivity contribution in [3.63, 3.8) is 0 Å². The van der Waals surface area contributed by atoms with E-state index in [-0.39, 0.29) is 5.91 Å². The van der Waals surface area contributed by atoms with E-state index in [0.29, 0.717) is 6.42 Å². The van der Waals surface area contributed by atoms with E-state index in [0.717, 1.165) is 12.0 Å². The van der Waals surface area contributed by atoms with E-state index in [1.54, 1.807) is 6.92 Å². The molecule has 0 aromatic heterocycles. The SMILES string of the molecule is CC1(CCc2ccccc2)NC(=O)NC1=O. The number of hydrogen-bond donors (Lipinski definition) is 2. The van der Waals surface area contributed by atoms with Crippen LogP contribution in [0.15, 0.2) is 30.3 Å². The first kappa shape index (κ1) is 10.7. The van der Waals surface area contributed by atoms with Crippen LogP contribution in [0.5, 0.6) is 0 Å². The number of nitrogens with one attached hydrogen (secondary N) is 2. The minimum atomic E-state index is -0.771. The molecular formula is C12H14N2O2. The van der Waals surface area contributed by atoms with E-state index in [1.165, 1.54) is 0 Å². The molecule has 84 valence electrons. The van der Waals surface area contributed by atoms with Crippen molar-refractivity contribution >= 4 is 11.9 Å². The third-order valence-electron chi connectivity index (χ3n) is 2.87. The van der Waals surface area contributed by atoms with E-state index in [1.807, 2.05) is 30.3 Å². The fourth-order valence-electron chi connectivity index (χ4n) is 1.79. The Bertz CT molecular complexity index is 416. The van der Waals surface area contributed by atoms with Crippen molar-refractivity contribution in [2.24, 2.45) is 0 Å². The van der Waals surface area contributed by atoms with Crippen molar-refractivity contribution < 1.29 is 9.59 Å². The van der Waals surface area contributed by atoms with Gasteiger partial charge in [-0.15, -0.1) is 0 Å². The average molecular weight is 218 g/mol. The second kappa shape index (κ2) is 3.96. The van der Waals surface area contributed by atoms with Gasteiger partial charge in [0.1, 0.15) is 5.54 Å². The van der Waals surface area contributed by atoms with Crippen LogP contribution in [0.1, 0.15) is 18.9 Å². The number of hydrogen-bond acceptors (Lipinski definition) is 2. The molecule has 16 heavy (non-hydrogen) atoms. The molecule has 1 unspecified atom stereocenters. The van der Waals surface area contributed by atoms with Gasteiger partial charge in [-0.2, -0.15) is 0 Å². The minimum absolute atomic E-state index is 0.242. The Morgan fingerprint density at radius 1 is 1.19 bits per heavy atom. The number of amides is 3. The van der Waals surface area contributed by atoms with Crippen LogP contribution in [-0.2, 0) is 11.2 Å². The lowest BCUT2D eigenvalue weighted by Gasteiger charge is -2.20. The van der Waals surface area contributed by atoms with Crippen molar-refractivity contribution in [1.82, 2.24) is 10.6 Å². The molecule has 2 rings (SSSR count). The molecule has 3 amide bonds. The van der Waals surface area contributed by atoms with Crippen LogP contribution in [0.4, 0.5) is 4.79 Å². The predicted octanol–water partition coefficient (Wildman–Crippen LogP) is 1.22. The van der Waals surface area contributed by atoms with Crippen molar-refractivity contribution in [1.29, 1.82) is 0 Å². The Balaban J connectivity index is 2.00. The van der Waals surface area contributed by atoms with Gasteiger partial charge >= 0.3 is 6.03 Å². The van der Waals surface area contributed by atoms with Gasteiger partial charge in [0, 0.05) is 0 Å². The molecule has 0 spiro atoms. The van der Waals surface area contributed by atoms with Gasteiger partial charge in [-0.05, 0) is 25.3 Å². The summed E-state index contributed by atoms with van der Waals surface area (Å²) in [6.07, 6.45) is 1.37. The van der Waals surface area contributed by atoms with Crippen LogP contribution in [-0.4, -0.2) is 17.5 Å². The molecular weight excluding hydrogens is 204 g/mol. The molecule has 4 heteroatoms. The minimum Gasteiger partial charge on any atom is -0.324 e. The Morgan fingerprint density at radius 2 is 1.88 bits per heavy atom. The molecule has 1 atom stereocenters. The molecule has 0 aliphatic carbocycles. The van der Waals surface area contributed by atoms with E-state index >= 15 is 0 Å². The van der Waals surface area contributed by atoms with Gasteiger partial charge in [0.05, 0.1) is 0 Å². The summed E-state index contributed by atoms with van der Waals surface area (Å²) in [6.45, 7) is 1.75. The maximum atomic E-state index is 11.5. The van der Waals surface area contributed by atoms with Crippen molar-refractivity contribution in [3.05, 3.63) is 35.9 Å². The Hall–Kier alpha value is -1.84. The number of carbonyl (C=O) groups excluding carboxylic acids is 2. The highest BCUT2D eigenvalue weighted by atomic mass is 16.2. The van der Waals surface area contributed by atoms with Crippen molar-refractivity contribution in [3.8, 4) is 0 Å². The maximum Gasteiger partial charge on any atom is 0.322 e. The first-order chi connectivity index (χ1) is 7.60. The van der Waals surface area contributed by atoms with Gasteiger partial charge in [0.15, 0.2) is 0 Å². The maximum absolute atomic E-state index is 11.5. The fraction of sp³-hybridized carbons (Fsp3) is 0.333. The quantitative estimate of drug-likeness (QED) is 0.749. The summed E-state index contributed by atoms with van der Waals surface area (Å²) in [5.41, 5.74) is 0.394. The number of carbonyl (C=O) groups is 2. The number of rotatable bonds is 3. The summed E-state index contributed by atoms with van der Waals surface area (Å²) >= 11 is 0. The second-order valence-electron chi connectivity index (χ2n) is 4.23. The topological polar surface area (TPSA) is 58.2 Å². The monoisotopic (exact) mass is 218 g/mol. The highest BCUT2D eigenvalue weighted by Gasteiger charge is 2.41. The summed E-state index contributed by atoms with van der Waals surface area (Å²) in [4.78, 5) is 22.6. The molecule has 1 aromatic carbocycles. The zero-order valence-electron chi connectivity index (χ0n) is 9.12. The van der Waals surface area contributed by atoms with Gasteiger partial charge in [0.2, 0.25) is 0 Å². The Labute approximate surface area is 94.0 Å². The third kappa shape index (κ3) is 2.05. The normalized spacial score (nSPS) is 24.1. The molecule has 4 nitrogen and oxygen atoms in total. The Morgan fingerprint density at radius 3 is 2.44 bits per heavy atom. The van der Waals surface area contributed by atoms with Gasteiger partial charge in [-0.3, -0.25) is 10.1 Å². The van der Waals surface area contributed by atoms with Crippen LogP contribution < -0.4 is 10.6 Å². The molecule has 1 aliphatic heterocycles. The summed E-state index contributed by atoms with van der Waals surface area (Å²) in [5, 5.41) is 4.91. The van der Waals surface area contributed by atoms with E-state index < -0.39 is 11.6 Å². The molecule has 0 radical (unpaired) electrons. The Kier molecular flexibility index (Phi) is 2.64. The largest absolute Gasteiger partial charge is 0.324 e.